The van der Waals surface area contributed by atoms with E-state index in [0.717, 1.165) is 0 Å². The molecule has 1 saturated heterocycles. The first kappa shape index (κ1) is 19.1. The molecule has 0 aromatic heterocycles. The smallest absolute Gasteiger partial charge is 0.417 e. The fourth-order valence-corrected chi connectivity index (χ4v) is 4.42. The Morgan fingerprint density at radius 2 is 1.96 bits per heavy atom. The summed E-state index contributed by atoms with van der Waals surface area (Å²) in [6, 6.07) is 1.34. The number of hydrogen-bond donors (Lipinski definition) is 1. The van der Waals surface area contributed by atoms with Crippen LogP contribution < -0.4 is 0 Å². The van der Waals surface area contributed by atoms with Gasteiger partial charge in [0.1, 0.15) is 0 Å². The molecule has 1 aliphatic rings. The standard InChI is InChI=1S/C13H13F3N2O6S/c1-7-5-17(6-9(7)12(19)20)25(23,24)11-3-2-8(18(21)22)4-10(11)13(14,15)16/h2-4,7,9H,5-6H2,1H3,(H,19,20)/t7-,9-/m1/s1. The van der Waals surface area contributed by atoms with Crippen molar-refractivity contribution in [3.8, 4) is 0 Å². The van der Waals surface area contributed by atoms with Crippen LogP contribution in [0.15, 0.2) is 23.1 Å². The molecule has 0 amide bonds. The molecule has 1 fully saturated rings. The van der Waals surface area contributed by atoms with Crippen molar-refractivity contribution in [3.05, 3.63) is 33.9 Å². The molecule has 138 valence electrons. The van der Waals surface area contributed by atoms with E-state index in [-0.39, 0.29) is 12.6 Å². The van der Waals surface area contributed by atoms with Crippen LogP contribution in [-0.2, 0) is 21.0 Å². The molecule has 8 nitrogen and oxygen atoms in total. The Morgan fingerprint density at radius 3 is 2.40 bits per heavy atom. The van der Waals surface area contributed by atoms with E-state index in [1.165, 1.54) is 6.92 Å². The lowest BCUT2D eigenvalue weighted by molar-refractivity contribution is -0.385. The molecule has 0 spiro atoms. The van der Waals surface area contributed by atoms with Crippen LogP contribution in [0.25, 0.3) is 0 Å². The monoisotopic (exact) mass is 382 g/mol. The summed E-state index contributed by atoms with van der Waals surface area (Å²) in [7, 11) is -4.67. The van der Waals surface area contributed by atoms with Gasteiger partial charge in [0.05, 0.1) is 21.3 Å². The molecule has 0 saturated carbocycles. The summed E-state index contributed by atoms with van der Waals surface area (Å²) in [5, 5.41) is 19.7. The summed E-state index contributed by atoms with van der Waals surface area (Å²) < 4.78 is 65.4. The zero-order valence-corrected chi connectivity index (χ0v) is 13.5. The highest BCUT2D eigenvalue weighted by Gasteiger charge is 2.45. The summed E-state index contributed by atoms with van der Waals surface area (Å²) in [4.78, 5) is 19.6. The van der Waals surface area contributed by atoms with Gasteiger partial charge in [-0.15, -0.1) is 0 Å². The number of alkyl halides is 3. The van der Waals surface area contributed by atoms with Crippen LogP contribution in [0.1, 0.15) is 12.5 Å². The van der Waals surface area contributed by atoms with E-state index in [0.29, 0.717) is 16.4 Å². The van der Waals surface area contributed by atoms with Gasteiger partial charge in [-0.3, -0.25) is 14.9 Å². The highest BCUT2D eigenvalue weighted by molar-refractivity contribution is 7.89. The number of hydrogen-bond acceptors (Lipinski definition) is 5. The lowest BCUT2D eigenvalue weighted by Crippen LogP contribution is -2.31. The molecule has 1 N–H and O–H groups in total. The van der Waals surface area contributed by atoms with Crippen LogP contribution in [0.2, 0.25) is 0 Å². The van der Waals surface area contributed by atoms with Gasteiger partial charge in [0.2, 0.25) is 10.0 Å². The lowest BCUT2D eigenvalue weighted by Gasteiger charge is -2.19. The Hall–Kier alpha value is -2.21. The Labute approximate surface area is 140 Å². The molecule has 1 aromatic rings. The second-order valence-corrected chi connectivity index (χ2v) is 7.59. The van der Waals surface area contributed by atoms with Crippen molar-refractivity contribution in [1.82, 2.24) is 4.31 Å². The number of aliphatic carboxylic acids is 1. The largest absolute Gasteiger partial charge is 0.481 e. The minimum atomic E-state index is -5.13. The number of halogens is 3. The number of non-ortho nitro benzene ring substituents is 1. The average Bonchev–Trinajstić information content (AvgIpc) is 2.88. The van der Waals surface area contributed by atoms with Crippen LogP contribution in [-0.4, -0.2) is 41.8 Å². The zero-order valence-electron chi connectivity index (χ0n) is 12.7. The molecule has 2 atom stereocenters. The molecule has 1 heterocycles. The van der Waals surface area contributed by atoms with E-state index in [1.807, 2.05) is 0 Å². The molecule has 25 heavy (non-hydrogen) atoms. The molecule has 2 rings (SSSR count). The van der Waals surface area contributed by atoms with Crippen molar-refractivity contribution >= 4 is 21.7 Å². The summed E-state index contributed by atoms with van der Waals surface area (Å²) >= 11 is 0. The second kappa shape index (κ2) is 6.26. The molecule has 0 radical (unpaired) electrons. The van der Waals surface area contributed by atoms with Gasteiger partial charge in [0.15, 0.2) is 0 Å². The molecule has 12 heteroatoms. The van der Waals surface area contributed by atoms with Crippen LogP contribution >= 0.6 is 0 Å². The zero-order chi connectivity index (χ0) is 19.2. The van der Waals surface area contributed by atoms with Gasteiger partial charge in [-0.2, -0.15) is 17.5 Å². The third-order valence-electron chi connectivity index (χ3n) is 3.99. The number of nitro benzene ring substituents is 1. The second-order valence-electron chi connectivity index (χ2n) is 5.68. The predicted molar refractivity (Wildman–Crippen MR) is 77.1 cm³/mol. The van der Waals surface area contributed by atoms with Crippen LogP contribution in [0.5, 0.6) is 0 Å². The lowest BCUT2D eigenvalue weighted by atomic mass is 9.99. The third-order valence-corrected chi connectivity index (χ3v) is 5.88. The first-order chi connectivity index (χ1) is 11.4. The van der Waals surface area contributed by atoms with E-state index in [2.05, 4.69) is 0 Å². The average molecular weight is 382 g/mol. The van der Waals surface area contributed by atoms with Crippen LogP contribution in [0, 0.1) is 22.0 Å². The summed E-state index contributed by atoms with van der Waals surface area (Å²) in [6.07, 6.45) is -5.13. The van der Waals surface area contributed by atoms with E-state index >= 15 is 0 Å². The number of carboxylic acid groups (broad SMARTS) is 1. The minimum absolute atomic E-state index is 0.154. The van der Waals surface area contributed by atoms with Crippen LogP contribution in [0.4, 0.5) is 18.9 Å². The molecular formula is C13H13F3N2O6S. The Kier molecular flexibility index (Phi) is 4.79. The number of carboxylic acids is 1. The molecular weight excluding hydrogens is 369 g/mol. The van der Waals surface area contributed by atoms with Crippen molar-refractivity contribution in [1.29, 1.82) is 0 Å². The first-order valence-electron chi connectivity index (χ1n) is 6.94. The quantitative estimate of drug-likeness (QED) is 0.628. The number of rotatable bonds is 4. The molecule has 1 aliphatic heterocycles. The third kappa shape index (κ3) is 3.58. The molecule has 0 bridgehead atoms. The van der Waals surface area contributed by atoms with Crippen molar-refractivity contribution in [2.75, 3.05) is 13.1 Å². The van der Waals surface area contributed by atoms with E-state index in [4.69, 9.17) is 5.11 Å². The first-order valence-corrected chi connectivity index (χ1v) is 8.38. The van der Waals surface area contributed by atoms with E-state index in [1.54, 1.807) is 0 Å². The minimum Gasteiger partial charge on any atom is -0.481 e. The van der Waals surface area contributed by atoms with Gasteiger partial charge in [0.25, 0.3) is 5.69 Å². The highest BCUT2D eigenvalue weighted by Crippen LogP contribution is 2.39. The Morgan fingerprint density at radius 1 is 1.36 bits per heavy atom. The van der Waals surface area contributed by atoms with Crippen molar-refractivity contribution in [3.63, 3.8) is 0 Å². The van der Waals surface area contributed by atoms with Crippen LogP contribution in [0.3, 0.4) is 0 Å². The van der Waals surface area contributed by atoms with Gasteiger partial charge in [-0.25, -0.2) is 8.42 Å². The molecule has 0 unspecified atom stereocenters. The van der Waals surface area contributed by atoms with Gasteiger partial charge < -0.3 is 5.11 Å². The van der Waals surface area contributed by atoms with Gasteiger partial charge in [0, 0.05) is 25.2 Å². The Balaban J connectivity index is 2.53. The van der Waals surface area contributed by atoms with Crippen molar-refractivity contribution < 1.29 is 36.4 Å². The van der Waals surface area contributed by atoms with E-state index in [9.17, 15) is 36.5 Å². The van der Waals surface area contributed by atoms with Gasteiger partial charge >= 0.3 is 12.1 Å². The maximum absolute atomic E-state index is 13.2. The van der Waals surface area contributed by atoms with Crippen molar-refractivity contribution in [2.45, 2.75) is 18.0 Å². The van der Waals surface area contributed by atoms with Crippen molar-refractivity contribution in [2.24, 2.45) is 11.8 Å². The topological polar surface area (TPSA) is 118 Å². The fourth-order valence-electron chi connectivity index (χ4n) is 2.66. The SMILES string of the molecule is C[C@@H]1CN(S(=O)(=O)c2ccc([N+](=O)[O-])cc2C(F)(F)F)C[C@H]1C(=O)O. The molecule has 0 aliphatic carbocycles. The molecule has 1 aromatic carbocycles. The number of sulfonamides is 1. The maximum atomic E-state index is 13.2. The summed E-state index contributed by atoms with van der Waals surface area (Å²) in [5.74, 6) is -2.87. The maximum Gasteiger partial charge on any atom is 0.417 e. The summed E-state index contributed by atoms with van der Waals surface area (Å²) in [5.41, 5.74) is -2.56. The van der Waals surface area contributed by atoms with Gasteiger partial charge in [-0.05, 0) is 12.0 Å². The predicted octanol–water partition coefficient (Wildman–Crippen LogP) is 1.95. The number of nitrogens with zero attached hydrogens (tertiary/aromatic N) is 2. The number of benzene rings is 1. The van der Waals surface area contributed by atoms with Gasteiger partial charge in [-0.1, -0.05) is 6.92 Å². The number of nitro groups is 1. The summed E-state index contributed by atoms with van der Waals surface area (Å²) in [6.45, 7) is 0.759. The van der Waals surface area contributed by atoms with E-state index < -0.39 is 61.6 Å². The number of carbonyl (C=O) groups is 1. The Bertz CT molecular complexity index is 824. The normalized spacial score (nSPS) is 22.1. The fraction of sp³-hybridized carbons (Fsp3) is 0.462. The highest BCUT2D eigenvalue weighted by atomic mass is 32.2.